The SMILES string of the molecule is CCCc1nc(Cl)c(C)c(N2CCCCCC2)n1. The van der Waals surface area contributed by atoms with Crippen LogP contribution in [-0.4, -0.2) is 23.1 Å². The summed E-state index contributed by atoms with van der Waals surface area (Å²) >= 11 is 6.24. The van der Waals surface area contributed by atoms with Crippen LogP contribution in [0.5, 0.6) is 0 Å². The summed E-state index contributed by atoms with van der Waals surface area (Å²) in [5.41, 5.74) is 1.03. The van der Waals surface area contributed by atoms with Crippen LogP contribution < -0.4 is 4.90 Å². The molecule has 0 bridgehead atoms. The van der Waals surface area contributed by atoms with Gasteiger partial charge in [-0.25, -0.2) is 9.97 Å². The molecular weight excluding hydrogens is 246 g/mol. The van der Waals surface area contributed by atoms with Gasteiger partial charge in [0.1, 0.15) is 16.8 Å². The first kappa shape index (κ1) is 13.6. The molecule has 3 nitrogen and oxygen atoms in total. The first-order valence-corrected chi connectivity index (χ1v) is 7.38. The lowest BCUT2D eigenvalue weighted by Crippen LogP contribution is -2.26. The lowest BCUT2D eigenvalue weighted by Gasteiger charge is -2.24. The molecule has 1 aromatic heterocycles. The molecule has 0 amide bonds. The van der Waals surface area contributed by atoms with Crippen molar-refractivity contribution in [1.82, 2.24) is 9.97 Å². The van der Waals surface area contributed by atoms with Gasteiger partial charge in [0.2, 0.25) is 0 Å². The van der Waals surface area contributed by atoms with Crippen LogP contribution in [-0.2, 0) is 6.42 Å². The Bertz CT molecular complexity index is 398. The number of nitrogens with zero attached hydrogens (tertiary/aromatic N) is 3. The van der Waals surface area contributed by atoms with Gasteiger partial charge >= 0.3 is 0 Å². The fourth-order valence-electron chi connectivity index (χ4n) is 2.45. The molecule has 4 heteroatoms. The number of hydrogen-bond acceptors (Lipinski definition) is 3. The van der Waals surface area contributed by atoms with Crippen molar-refractivity contribution in [3.63, 3.8) is 0 Å². The fourth-order valence-corrected chi connectivity index (χ4v) is 2.63. The molecule has 0 aromatic carbocycles. The highest BCUT2D eigenvalue weighted by atomic mass is 35.5. The Morgan fingerprint density at radius 3 is 2.39 bits per heavy atom. The minimum Gasteiger partial charge on any atom is -0.356 e. The van der Waals surface area contributed by atoms with Crippen molar-refractivity contribution >= 4 is 17.4 Å². The maximum Gasteiger partial charge on any atom is 0.137 e. The first-order valence-electron chi connectivity index (χ1n) is 7.00. The molecule has 2 heterocycles. The van der Waals surface area contributed by atoms with Gasteiger partial charge in [0.25, 0.3) is 0 Å². The molecule has 0 radical (unpaired) electrons. The molecule has 0 N–H and O–H groups in total. The Hall–Kier alpha value is -0.830. The van der Waals surface area contributed by atoms with Crippen LogP contribution in [0.15, 0.2) is 0 Å². The molecule has 1 aliphatic rings. The van der Waals surface area contributed by atoms with Gasteiger partial charge in [0.15, 0.2) is 0 Å². The summed E-state index contributed by atoms with van der Waals surface area (Å²) in [4.78, 5) is 11.5. The van der Waals surface area contributed by atoms with E-state index in [2.05, 4.69) is 16.8 Å². The first-order chi connectivity index (χ1) is 8.72. The van der Waals surface area contributed by atoms with E-state index >= 15 is 0 Å². The molecule has 0 atom stereocenters. The molecule has 1 saturated heterocycles. The number of anilines is 1. The zero-order chi connectivity index (χ0) is 13.0. The van der Waals surface area contributed by atoms with E-state index in [1.54, 1.807) is 0 Å². The zero-order valence-electron chi connectivity index (χ0n) is 11.4. The number of halogens is 1. The largest absolute Gasteiger partial charge is 0.356 e. The predicted octanol–water partition coefficient (Wildman–Crippen LogP) is 3.77. The molecular formula is C14H22ClN3. The van der Waals surface area contributed by atoms with Gasteiger partial charge in [0.05, 0.1) is 0 Å². The third-order valence-corrected chi connectivity index (χ3v) is 3.85. The molecule has 0 aliphatic carbocycles. The Kier molecular flexibility index (Phi) is 4.81. The van der Waals surface area contributed by atoms with E-state index in [0.717, 1.165) is 43.1 Å². The van der Waals surface area contributed by atoms with Gasteiger partial charge in [0, 0.05) is 25.1 Å². The fraction of sp³-hybridized carbons (Fsp3) is 0.714. The highest BCUT2D eigenvalue weighted by molar-refractivity contribution is 6.30. The summed E-state index contributed by atoms with van der Waals surface area (Å²) in [6.45, 7) is 6.36. The molecule has 0 unspecified atom stereocenters. The van der Waals surface area contributed by atoms with Crippen molar-refractivity contribution in [2.24, 2.45) is 0 Å². The Labute approximate surface area is 115 Å². The van der Waals surface area contributed by atoms with Crippen LogP contribution >= 0.6 is 11.6 Å². The number of aryl methyl sites for hydroxylation is 1. The molecule has 1 fully saturated rings. The predicted molar refractivity (Wildman–Crippen MR) is 76.5 cm³/mol. The van der Waals surface area contributed by atoms with Crippen LogP contribution in [0.1, 0.15) is 50.4 Å². The summed E-state index contributed by atoms with van der Waals surface area (Å²) in [7, 11) is 0. The molecule has 100 valence electrons. The van der Waals surface area contributed by atoms with E-state index in [1.807, 2.05) is 6.92 Å². The average Bonchev–Trinajstić information content (AvgIpc) is 2.62. The standard InChI is InChI=1S/C14H22ClN3/c1-3-8-12-16-13(15)11(2)14(17-12)18-9-6-4-5-7-10-18/h3-10H2,1-2H3. The van der Waals surface area contributed by atoms with Gasteiger partial charge in [-0.15, -0.1) is 0 Å². The second-order valence-electron chi connectivity index (χ2n) is 5.03. The lowest BCUT2D eigenvalue weighted by atomic mass is 10.2. The number of rotatable bonds is 3. The topological polar surface area (TPSA) is 29.0 Å². The Morgan fingerprint density at radius 2 is 1.78 bits per heavy atom. The van der Waals surface area contributed by atoms with Crippen molar-refractivity contribution in [2.45, 2.75) is 52.4 Å². The molecule has 18 heavy (non-hydrogen) atoms. The van der Waals surface area contributed by atoms with E-state index in [0.29, 0.717) is 5.15 Å². The number of aromatic nitrogens is 2. The molecule has 2 rings (SSSR count). The van der Waals surface area contributed by atoms with E-state index in [4.69, 9.17) is 16.6 Å². The zero-order valence-corrected chi connectivity index (χ0v) is 12.1. The van der Waals surface area contributed by atoms with Gasteiger partial charge in [-0.1, -0.05) is 31.4 Å². The maximum absolute atomic E-state index is 6.24. The summed E-state index contributed by atoms with van der Waals surface area (Å²) in [6, 6.07) is 0. The van der Waals surface area contributed by atoms with Gasteiger partial charge in [-0.3, -0.25) is 0 Å². The third-order valence-electron chi connectivity index (χ3n) is 3.49. The van der Waals surface area contributed by atoms with Gasteiger partial charge < -0.3 is 4.90 Å². The van der Waals surface area contributed by atoms with Crippen molar-refractivity contribution in [1.29, 1.82) is 0 Å². The van der Waals surface area contributed by atoms with Crippen LogP contribution in [0, 0.1) is 6.92 Å². The minimum absolute atomic E-state index is 0.618. The number of hydrogen-bond donors (Lipinski definition) is 0. The van der Waals surface area contributed by atoms with Crippen molar-refractivity contribution in [3.8, 4) is 0 Å². The summed E-state index contributed by atoms with van der Waals surface area (Å²) in [5, 5.41) is 0.618. The highest BCUT2D eigenvalue weighted by Gasteiger charge is 2.16. The normalized spacial score (nSPS) is 16.7. The van der Waals surface area contributed by atoms with Gasteiger partial charge in [-0.2, -0.15) is 0 Å². The maximum atomic E-state index is 6.24. The van der Waals surface area contributed by atoms with Crippen molar-refractivity contribution in [3.05, 3.63) is 16.5 Å². The summed E-state index contributed by atoms with van der Waals surface area (Å²) in [6.07, 6.45) is 7.13. The quantitative estimate of drug-likeness (QED) is 0.781. The van der Waals surface area contributed by atoms with Crippen LogP contribution in [0.25, 0.3) is 0 Å². The monoisotopic (exact) mass is 267 g/mol. The Balaban J connectivity index is 2.28. The average molecular weight is 268 g/mol. The summed E-state index contributed by atoms with van der Waals surface area (Å²) in [5.74, 6) is 1.94. The third kappa shape index (κ3) is 3.14. The second kappa shape index (κ2) is 6.37. The molecule has 0 spiro atoms. The molecule has 1 aromatic rings. The Morgan fingerprint density at radius 1 is 1.11 bits per heavy atom. The summed E-state index contributed by atoms with van der Waals surface area (Å²) < 4.78 is 0. The van der Waals surface area contributed by atoms with E-state index in [-0.39, 0.29) is 0 Å². The van der Waals surface area contributed by atoms with Crippen LogP contribution in [0.2, 0.25) is 5.15 Å². The molecule has 0 saturated carbocycles. The second-order valence-corrected chi connectivity index (χ2v) is 5.39. The molecule has 1 aliphatic heterocycles. The lowest BCUT2D eigenvalue weighted by molar-refractivity contribution is 0.726. The van der Waals surface area contributed by atoms with E-state index in [9.17, 15) is 0 Å². The van der Waals surface area contributed by atoms with E-state index < -0.39 is 0 Å². The van der Waals surface area contributed by atoms with Gasteiger partial charge in [-0.05, 0) is 26.2 Å². The highest BCUT2D eigenvalue weighted by Crippen LogP contribution is 2.26. The van der Waals surface area contributed by atoms with E-state index in [1.165, 1.54) is 25.7 Å². The smallest absolute Gasteiger partial charge is 0.137 e. The van der Waals surface area contributed by atoms with Crippen molar-refractivity contribution < 1.29 is 0 Å². The van der Waals surface area contributed by atoms with Crippen molar-refractivity contribution in [2.75, 3.05) is 18.0 Å². The van der Waals surface area contributed by atoms with Crippen LogP contribution in [0.3, 0.4) is 0 Å². The minimum atomic E-state index is 0.618. The van der Waals surface area contributed by atoms with Crippen LogP contribution in [0.4, 0.5) is 5.82 Å².